The van der Waals surface area contributed by atoms with Crippen LogP contribution in [-0.2, 0) is 4.79 Å². The highest BCUT2D eigenvalue weighted by atomic mass is 19.3. The molecule has 0 bridgehead atoms. The van der Waals surface area contributed by atoms with Crippen LogP contribution < -0.4 is 11.1 Å². The number of hydrogen-bond donors (Lipinski definition) is 3. The number of halogens is 2. The zero-order valence-electron chi connectivity index (χ0n) is 8.12. The lowest BCUT2D eigenvalue weighted by molar-refractivity contribution is -0.126. The van der Waals surface area contributed by atoms with Gasteiger partial charge in [-0.1, -0.05) is 12.2 Å². The van der Waals surface area contributed by atoms with Crippen molar-refractivity contribution in [2.45, 2.75) is 18.4 Å². The van der Waals surface area contributed by atoms with Crippen LogP contribution >= 0.6 is 0 Å². The lowest BCUT2D eigenvalue weighted by atomic mass is 10.1. The number of aliphatic hydroxyl groups is 1. The maximum absolute atomic E-state index is 12.6. The number of carbonyl (C=O) groups is 1. The zero-order valence-corrected chi connectivity index (χ0v) is 8.12. The molecular weight excluding hydrogens is 206 g/mol. The predicted molar refractivity (Wildman–Crippen MR) is 50.3 cm³/mol. The number of carbonyl (C=O) groups excluding carboxylic acids is 1. The summed E-state index contributed by atoms with van der Waals surface area (Å²) < 4.78 is 25.1. The van der Waals surface area contributed by atoms with E-state index in [0.29, 0.717) is 6.42 Å². The van der Waals surface area contributed by atoms with Crippen LogP contribution in [0.15, 0.2) is 12.2 Å². The molecule has 0 aromatic carbocycles. The molecule has 4 N–H and O–H groups in total. The Morgan fingerprint density at radius 3 is 2.73 bits per heavy atom. The van der Waals surface area contributed by atoms with E-state index in [4.69, 9.17) is 10.8 Å². The molecule has 2 unspecified atom stereocenters. The topological polar surface area (TPSA) is 75.4 Å². The fourth-order valence-corrected chi connectivity index (χ4v) is 1.33. The molecule has 0 saturated heterocycles. The Kier molecular flexibility index (Phi) is 3.76. The van der Waals surface area contributed by atoms with Crippen molar-refractivity contribution in [1.29, 1.82) is 0 Å². The van der Waals surface area contributed by atoms with Gasteiger partial charge in [0.05, 0.1) is 12.5 Å². The lowest BCUT2D eigenvalue weighted by Gasteiger charge is -2.16. The molecular formula is C9H14F2N2O2. The van der Waals surface area contributed by atoms with Crippen molar-refractivity contribution >= 4 is 5.91 Å². The first kappa shape index (κ1) is 12.1. The van der Waals surface area contributed by atoms with Gasteiger partial charge < -0.3 is 16.2 Å². The van der Waals surface area contributed by atoms with Crippen LogP contribution in [-0.4, -0.2) is 36.1 Å². The Bertz CT molecular complexity index is 269. The maximum Gasteiger partial charge on any atom is 0.287 e. The average Bonchev–Trinajstić information content (AvgIpc) is 2.61. The Hall–Kier alpha value is -1.01. The molecule has 2 atom stereocenters. The molecule has 0 aliphatic heterocycles. The molecule has 1 rings (SSSR count). The third-order valence-electron chi connectivity index (χ3n) is 2.21. The second-order valence-electron chi connectivity index (χ2n) is 3.62. The Morgan fingerprint density at radius 2 is 2.27 bits per heavy atom. The molecule has 1 aliphatic rings. The van der Waals surface area contributed by atoms with Gasteiger partial charge in [-0.2, -0.15) is 0 Å². The number of hydrogen-bond acceptors (Lipinski definition) is 3. The van der Waals surface area contributed by atoms with E-state index in [9.17, 15) is 13.6 Å². The van der Waals surface area contributed by atoms with E-state index < -0.39 is 30.9 Å². The smallest absolute Gasteiger partial charge is 0.287 e. The minimum Gasteiger partial charge on any atom is -0.390 e. The van der Waals surface area contributed by atoms with Gasteiger partial charge in [0.15, 0.2) is 0 Å². The minimum absolute atomic E-state index is 0.181. The molecule has 0 heterocycles. The molecule has 0 aromatic rings. The zero-order chi connectivity index (χ0) is 11.5. The van der Waals surface area contributed by atoms with Crippen LogP contribution in [0.5, 0.6) is 0 Å². The summed E-state index contributed by atoms with van der Waals surface area (Å²) in [7, 11) is 0. The molecule has 0 spiro atoms. The van der Waals surface area contributed by atoms with Crippen LogP contribution in [0.2, 0.25) is 0 Å². The van der Waals surface area contributed by atoms with E-state index in [1.54, 1.807) is 12.2 Å². The fourth-order valence-electron chi connectivity index (χ4n) is 1.33. The number of amides is 1. The normalized spacial score (nSPS) is 25.6. The first-order valence-electron chi connectivity index (χ1n) is 4.65. The van der Waals surface area contributed by atoms with Crippen molar-refractivity contribution in [3.05, 3.63) is 12.2 Å². The molecule has 6 heteroatoms. The Balaban J connectivity index is 2.34. The summed E-state index contributed by atoms with van der Waals surface area (Å²) in [6.07, 6.45) is 3.72. The quantitative estimate of drug-likeness (QED) is 0.566. The summed E-state index contributed by atoms with van der Waals surface area (Å²) in [6.45, 7) is -2.12. The second-order valence-corrected chi connectivity index (χ2v) is 3.62. The van der Waals surface area contributed by atoms with Crippen molar-refractivity contribution in [1.82, 2.24) is 5.32 Å². The summed E-state index contributed by atoms with van der Waals surface area (Å²) in [4.78, 5) is 11.3. The number of alkyl halides is 2. The van der Waals surface area contributed by atoms with Gasteiger partial charge in [-0.3, -0.25) is 4.79 Å². The first-order chi connectivity index (χ1) is 6.94. The molecule has 0 radical (unpaired) electrons. The Labute approximate surface area is 86.1 Å². The average molecular weight is 220 g/mol. The van der Waals surface area contributed by atoms with Gasteiger partial charge in [-0.05, 0) is 6.42 Å². The molecule has 0 aromatic heterocycles. The highest BCUT2D eigenvalue weighted by Gasteiger charge is 2.30. The third-order valence-corrected chi connectivity index (χ3v) is 2.21. The summed E-state index contributed by atoms with van der Waals surface area (Å²) in [5.74, 6) is -4.18. The van der Waals surface area contributed by atoms with Crippen molar-refractivity contribution < 1.29 is 18.7 Å². The van der Waals surface area contributed by atoms with Crippen LogP contribution in [0.25, 0.3) is 0 Å². The number of rotatable bonds is 4. The first-order valence-corrected chi connectivity index (χ1v) is 4.65. The summed E-state index contributed by atoms with van der Waals surface area (Å²) in [6, 6.07) is -0.181. The van der Waals surface area contributed by atoms with E-state index >= 15 is 0 Å². The highest BCUT2D eigenvalue weighted by molar-refractivity contribution is 5.81. The van der Waals surface area contributed by atoms with E-state index in [-0.39, 0.29) is 6.04 Å². The van der Waals surface area contributed by atoms with Crippen LogP contribution in [0.1, 0.15) is 6.42 Å². The van der Waals surface area contributed by atoms with Crippen LogP contribution in [0.3, 0.4) is 0 Å². The van der Waals surface area contributed by atoms with Gasteiger partial charge in [0.1, 0.15) is 6.61 Å². The lowest BCUT2D eigenvalue weighted by Crippen LogP contribution is -2.41. The van der Waals surface area contributed by atoms with Crippen molar-refractivity contribution in [3.8, 4) is 0 Å². The van der Waals surface area contributed by atoms with Crippen LogP contribution in [0.4, 0.5) is 8.78 Å². The predicted octanol–water partition coefficient (Wildman–Crippen LogP) is -0.366. The monoisotopic (exact) mass is 220 g/mol. The van der Waals surface area contributed by atoms with E-state index in [1.165, 1.54) is 0 Å². The van der Waals surface area contributed by atoms with Gasteiger partial charge in [-0.25, -0.2) is 8.78 Å². The SMILES string of the molecule is NC1C=CC(C(=O)NCC(F)(F)CO)C1. The molecule has 0 fully saturated rings. The highest BCUT2D eigenvalue weighted by Crippen LogP contribution is 2.17. The van der Waals surface area contributed by atoms with Crippen LogP contribution in [0, 0.1) is 5.92 Å². The van der Waals surface area contributed by atoms with Crippen molar-refractivity contribution in [2.24, 2.45) is 11.7 Å². The van der Waals surface area contributed by atoms with E-state index in [0.717, 1.165) is 0 Å². The van der Waals surface area contributed by atoms with Crippen molar-refractivity contribution in [3.63, 3.8) is 0 Å². The molecule has 1 amide bonds. The third kappa shape index (κ3) is 3.56. The second kappa shape index (κ2) is 4.67. The fraction of sp³-hybridized carbons (Fsp3) is 0.667. The minimum atomic E-state index is -3.26. The summed E-state index contributed by atoms with van der Waals surface area (Å²) >= 11 is 0. The largest absolute Gasteiger partial charge is 0.390 e. The van der Waals surface area contributed by atoms with Gasteiger partial charge in [0.2, 0.25) is 5.91 Å². The van der Waals surface area contributed by atoms with E-state index in [1.807, 2.05) is 0 Å². The maximum atomic E-state index is 12.6. The molecule has 4 nitrogen and oxygen atoms in total. The molecule has 0 saturated carbocycles. The molecule has 86 valence electrons. The van der Waals surface area contributed by atoms with Gasteiger partial charge >= 0.3 is 0 Å². The van der Waals surface area contributed by atoms with Gasteiger partial charge in [0.25, 0.3) is 5.92 Å². The number of nitrogens with two attached hydrogens (primary N) is 1. The number of nitrogens with one attached hydrogen (secondary N) is 1. The van der Waals surface area contributed by atoms with Gasteiger partial charge in [0, 0.05) is 6.04 Å². The standard InChI is InChI=1S/C9H14F2N2O2/c10-9(11,5-14)4-13-8(15)6-1-2-7(12)3-6/h1-2,6-7,14H,3-5,12H2,(H,13,15). The Morgan fingerprint density at radius 1 is 1.60 bits per heavy atom. The molecule has 15 heavy (non-hydrogen) atoms. The summed E-state index contributed by atoms with van der Waals surface area (Å²) in [5, 5.41) is 10.4. The molecule has 1 aliphatic carbocycles. The van der Waals surface area contributed by atoms with Crippen molar-refractivity contribution in [2.75, 3.05) is 13.2 Å². The number of aliphatic hydroxyl groups excluding tert-OH is 1. The van der Waals surface area contributed by atoms with E-state index in [2.05, 4.69) is 5.32 Å². The van der Waals surface area contributed by atoms with Gasteiger partial charge in [-0.15, -0.1) is 0 Å². The summed E-state index contributed by atoms with van der Waals surface area (Å²) in [5.41, 5.74) is 5.52.